The number of pyridine rings is 1. The van der Waals surface area contributed by atoms with Crippen LogP contribution in [-0.4, -0.2) is 38.5 Å². The van der Waals surface area contributed by atoms with Crippen LogP contribution < -0.4 is 5.32 Å². The van der Waals surface area contributed by atoms with Gasteiger partial charge in [-0.2, -0.15) is 5.10 Å². The third-order valence-electron chi connectivity index (χ3n) is 4.77. The predicted octanol–water partition coefficient (Wildman–Crippen LogP) is 3.34. The number of nitrogens with zero attached hydrogens (tertiary/aromatic N) is 4. The highest BCUT2D eigenvalue weighted by Gasteiger charge is 2.25. The Balaban J connectivity index is 1.52. The van der Waals surface area contributed by atoms with Crippen molar-refractivity contribution in [3.8, 4) is 0 Å². The average Bonchev–Trinajstić information content (AvgIpc) is 3.05. The van der Waals surface area contributed by atoms with Crippen LogP contribution in [0, 0.1) is 5.82 Å². The van der Waals surface area contributed by atoms with Crippen LogP contribution in [0.3, 0.4) is 0 Å². The minimum atomic E-state index is -0.281. The van der Waals surface area contributed by atoms with Crippen LogP contribution in [0.25, 0.3) is 5.65 Å². The Morgan fingerprint density at radius 1 is 1.19 bits per heavy atom. The first kappa shape index (κ1) is 16.5. The smallest absolute Gasteiger partial charge is 0.219 e. The molecule has 0 aliphatic carbocycles. The Hall–Kier alpha value is -2.96. The zero-order valence-corrected chi connectivity index (χ0v) is 14.5. The predicted molar refractivity (Wildman–Crippen MR) is 96.9 cm³/mol. The zero-order chi connectivity index (χ0) is 18.1. The van der Waals surface area contributed by atoms with Crippen LogP contribution in [0.5, 0.6) is 0 Å². The number of halogens is 1. The lowest BCUT2D eigenvalue weighted by Crippen LogP contribution is -2.36. The molecule has 7 heteroatoms. The van der Waals surface area contributed by atoms with E-state index in [-0.39, 0.29) is 17.6 Å². The van der Waals surface area contributed by atoms with Crippen molar-refractivity contribution in [2.75, 3.05) is 18.4 Å². The lowest BCUT2D eigenvalue weighted by atomic mass is 9.96. The molecular formula is C19H20FN5O. The summed E-state index contributed by atoms with van der Waals surface area (Å²) in [5, 5.41) is 7.79. The average molecular weight is 353 g/mol. The minimum absolute atomic E-state index is 0.125. The molecule has 0 saturated carbocycles. The molecule has 1 amide bonds. The summed E-state index contributed by atoms with van der Waals surface area (Å²) >= 11 is 0. The van der Waals surface area contributed by atoms with Crippen molar-refractivity contribution >= 4 is 22.9 Å². The van der Waals surface area contributed by atoms with E-state index >= 15 is 0 Å². The molecule has 4 rings (SSSR count). The van der Waals surface area contributed by atoms with Gasteiger partial charge in [0.25, 0.3) is 0 Å². The topological polar surface area (TPSA) is 62.5 Å². The molecule has 26 heavy (non-hydrogen) atoms. The van der Waals surface area contributed by atoms with Crippen molar-refractivity contribution < 1.29 is 9.18 Å². The number of anilines is 2. The van der Waals surface area contributed by atoms with Gasteiger partial charge in [-0.25, -0.2) is 13.9 Å². The zero-order valence-electron chi connectivity index (χ0n) is 14.5. The fourth-order valence-electron chi connectivity index (χ4n) is 3.33. The number of piperidine rings is 1. The van der Waals surface area contributed by atoms with E-state index in [0.29, 0.717) is 5.69 Å². The third-order valence-corrected chi connectivity index (χ3v) is 4.77. The van der Waals surface area contributed by atoms with Gasteiger partial charge in [0.05, 0.1) is 11.9 Å². The highest BCUT2D eigenvalue weighted by Crippen LogP contribution is 2.26. The molecule has 6 nitrogen and oxygen atoms in total. The molecular weight excluding hydrogens is 333 g/mol. The largest absolute Gasteiger partial charge is 0.354 e. The molecule has 3 aromatic rings. The highest BCUT2D eigenvalue weighted by atomic mass is 19.1. The first-order valence-electron chi connectivity index (χ1n) is 8.73. The SMILES string of the molecule is CC(=O)N1CCC(c2nc3ccc(Nc4cccc(F)c4)cn3n2)CC1. The number of amides is 1. The van der Waals surface area contributed by atoms with Crippen LogP contribution in [0.2, 0.25) is 0 Å². The van der Waals surface area contributed by atoms with Crippen LogP contribution in [0.4, 0.5) is 15.8 Å². The Morgan fingerprint density at radius 2 is 2.00 bits per heavy atom. The number of nitrogens with one attached hydrogen (secondary N) is 1. The molecule has 0 bridgehead atoms. The normalized spacial score (nSPS) is 15.4. The number of benzene rings is 1. The molecule has 1 saturated heterocycles. The summed E-state index contributed by atoms with van der Waals surface area (Å²) in [5.41, 5.74) is 2.27. The summed E-state index contributed by atoms with van der Waals surface area (Å²) in [6.45, 7) is 3.11. The molecule has 0 radical (unpaired) electrons. The first-order chi connectivity index (χ1) is 12.6. The molecule has 1 N–H and O–H groups in total. The van der Waals surface area contributed by atoms with E-state index in [1.165, 1.54) is 12.1 Å². The van der Waals surface area contributed by atoms with Gasteiger partial charge in [-0.3, -0.25) is 4.79 Å². The lowest BCUT2D eigenvalue weighted by Gasteiger charge is -2.29. The fourth-order valence-corrected chi connectivity index (χ4v) is 3.33. The fraction of sp³-hybridized carbons (Fsp3) is 0.316. The van der Waals surface area contributed by atoms with Crippen LogP contribution in [0.15, 0.2) is 42.6 Å². The van der Waals surface area contributed by atoms with E-state index in [4.69, 9.17) is 0 Å². The summed E-state index contributed by atoms with van der Waals surface area (Å²) in [6, 6.07) is 10.1. The summed E-state index contributed by atoms with van der Waals surface area (Å²) < 4.78 is 15.1. The van der Waals surface area contributed by atoms with Crippen molar-refractivity contribution in [3.63, 3.8) is 0 Å². The van der Waals surface area contributed by atoms with Gasteiger partial charge in [0.1, 0.15) is 5.82 Å². The van der Waals surface area contributed by atoms with Crippen LogP contribution in [-0.2, 0) is 4.79 Å². The van der Waals surface area contributed by atoms with Crippen molar-refractivity contribution in [2.24, 2.45) is 0 Å². The van der Waals surface area contributed by atoms with Gasteiger partial charge in [0, 0.05) is 31.6 Å². The van der Waals surface area contributed by atoms with E-state index in [0.717, 1.165) is 43.1 Å². The molecule has 0 unspecified atom stereocenters. The molecule has 3 heterocycles. The molecule has 0 atom stereocenters. The van der Waals surface area contributed by atoms with Gasteiger partial charge in [-0.1, -0.05) is 6.07 Å². The number of carbonyl (C=O) groups is 1. The van der Waals surface area contributed by atoms with Crippen LogP contribution in [0.1, 0.15) is 31.5 Å². The Bertz CT molecular complexity index is 946. The molecule has 1 aromatic carbocycles. The van der Waals surface area contributed by atoms with E-state index in [9.17, 15) is 9.18 Å². The van der Waals surface area contributed by atoms with Gasteiger partial charge in [0.15, 0.2) is 11.5 Å². The second-order valence-electron chi connectivity index (χ2n) is 6.61. The lowest BCUT2D eigenvalue weighted by molar-refractivity contribution is -0.129. The minimum Gasteiger partial charge on any atom is -0.354 e. The van der Waals surface area contributed by atoms with Crippen molar-refractivity contribution in [1.29, 1.82) is 0 Å². The summed E-state index contributed by atoms with van der Waals surface area (Å²) in [6.07, 6.45) is 3.61. The Labute approximate surface area is 150 Å². The van der Waals surface area contributed by atoms with Crippen molar-refractivity contribution in [1.82, 2.24) is 19.5 Å². The number of hydrogen-bond acceptors (Lipinski definition) is 4. The standard InChI is InChI=1S/C19H20FN5O/c1-13(26)24-9-7-14(8-10-24)19-22-18-6-5-17(12-25(18)23-19)21-16-4-2-3-15(20)11-16/h2-6,11-12,14,21H,7-10H2,1H3. The van der Waals surface area contributed by atoms with E-state index in [1.54, 1.807) is 17.5 Å². The summed E-state index contributed by atoms with van der Waals surface area (Å²) in [7, 11) is 0. The maximum atomic E-state index is 13.3. The Morgan fingerprint density at radius 3 is 2.73 bits per heavy atom. The number of fused-ring (bicyclic) bond motifs is 1. The molecule has 134 valence electrons. The van der Waals surface area contributed by atoms with Gasteiger partial charge < -0.3 is 10.2 Å². The first-order valence-corrected chi connectivity index (χ1v) is 8.73. The number of carbonyl (C=O) groups excluding carboxylic acids is 1. The Kier molecular flexibility index (Phi) is 4.28. The van der Waals surface area contributed by atoms with E-state index in [1.807, 2.05) is 29.3 Å². The quantitative estimate of drug-likeness (QED) is 0.784. The number of aromatic nitrogens is 3. The molecule has 2 aromatic heterocycles. The maximum Gasteiger partial charge on any atom is 0.219 e. The maximum absolute atomic E-state index is 13.3. The number of likely N-dealkylation sites (tertiary alicyclic amines) is 1. The third kappa shape index (κ3) is 3.37. The van der Waals surface area contributed by atoms with Gasteiger partial charge in [-0.15, -0.1) is 0 Å². The summed E-state index contributed by atoms with van der Waals surface area (Å²) in [5.74, 6) is 0.928. The second kappa shape index (κ2) is 6.74. The van der Waals surface area contributed by atoms with Gasteiger partial charge >= 0.3 is 0 Å². The van der Waals surface area contributed by atoms with Crippen LogP contribution >= 0.6 is 0 Å². The van der Waals surface area contributed by atoms with E-state index < -0.39 is 0 Å². The van der Waals surface area contributed by atoms with Crippen molar-refractivity contribution in [3.05, 3.63) is 54.2 Å². The molecule has 0 spiro atoms. The number of rotatable bonds is 3. The van der Waals surface area contributed by atoms with Gasteiger partial charge in [-0.05, 0) is 43.2 Å². The van der Waals surface area contributed by atoms with Crippen molar-refractivity contribution in [2.45, 2.75) is 25.7 Å². The highest BCUT2D eigenvalue weighted by molar-refractivity contribution is 5.73. The molecule has 1 fully saturated rings. The van der Waals surface area contributed by atoms with Gasteiger partial charge in [0.2, 0.25) is 5.91 Å². The monoisotopic (exact) mass is 353 g/mol. The summed E-state index contributed by atoms with van der Waals surface area (Å²) in [4.78, 5) is 17.9. The molecule has 1 aliphatic heterocycles. The molecule has 1 aliphatic rings. The van der Waals surface area contributed by atoms with E-state index in [2.05, 4.69) is 15.4 Å². The second-order valence-corrected chi connectivity index (χ2v) is 6.61. The number of hydrogen-bond donors (Lipinski definition) is 1.